The molecular weight excluding hydrogens is 416 g/mol. The molecule has 1 N–H and O–H groups in total. The van der Waals surface area contributed by atoms with Crippen molar-refractivity contribution in [3.8, 4) is 11.5 Å². The molecule has 3 rings (SSSR count). The number of rotatable bonds is 10. The highest BCUT2D eigenvalue weighted by molar-refractivity contribution is 5.95. The van der Waals surface area contributed by atoms with Crippen LogP contribution in [0.2, 0.25) is 0 Å². The van der Waals surface area contributed by atoms with Crippen molar-refractivity contribution >= 4 is 18.3 Å². The fraction of sp³-hybridized carbons (Fsp3) is 0.708. The average Bonchev–Trinajstić information content (AvgIpc) is 3.26. The smallest absolute Gasteiger partial charge is 0.254 e. The molecule has 176 valence electrons. The summed E-state index contributed by atoms with van der Waals surface area (Å²) < 4.78 is 17.4. The minimum absolute atomic E-state index is 0. The fourth-order valence-electron chi connectivity index (χ4n) is 4.46. The molecule has 0 radical (unpaired) electrons. The molecule has 2 aliphatic rings. The first-order chi connectivity index (χ1) is 14.6. The van der Waals surface area contributed by atoms with Gasteiger partial charge >= 0.3 is 0 Å². The molecule has 31 heavy (non-hydrogen) atoms. The highest BCUT2D eigenvalue weighted by Gasteiger charge is 2.29. The number of ether oxygens (including phenoxy) is 3. The lowest BCUT2D eigenvalue weighted by Gasteiger charge is -2.37. The van der Waals surface area contributed by atoms with Gasteiger partial charge in [0.25, 0.3) is 5.91 Å². The molecule has 0 unspecified atom stereocenters. The molecule has 1 saturated carbocycles. The SMILES string of the molecule is COCCCOc1cc(C(=O)N(C(C)C)[C@@H]2CCCNC2)ccc1OC1CCCC1.Cl. The Morgan fingerprint density at radius 2 is 1.90 bits per heavy atom. The van der Waals surface area contributed by atoms with Gasteiger partial charge in [-0.05, 0) is 77.1 Å². The third kappa shape index (κ3) is 7.26. The molecule has 1 saturated heterocycles. The number of methoxy groups -OCH3 is 1. The first-order valence-corrected chi connectivity index (χ1v) is 11.6. The molecule has 1 heterocycles. The summed E-state index contributed by atoms with van der Waals surface area (Å²) in [6.45, 7) is 7.25. The van der Waals surface area contributed by atoms with E-state index >= 15 is 0 Å². The lowest BCUT2D eigenvalue weighted by Crippen LogP contribution is -2.51. The largest absolute Gasteiger partial charge is 0.490 e. The van der Waals surface area contributed by atoms with Gasteiger partial charge in [-0.1, -0.05) is 0 Å². The molecule has 1 aromatic rings. The maximum atomic E-state index is 13.5. The second-order valence-corrected chi connectivity index (χ2v) is 8.69. The molecule has 1 atom stereocenters. The summed E-state index contributed by atoms with van der Waals surface area (Å²) in [4.78, 5) is 15.5. The number of nitrogens with one attached hydrogen (secondary N) is 1. The minimum Gasteiger partial charge on any atom is -0.490 e. The minimum atomic E-state index is 0. The van der Waals surface area contributed by atoms with Gasteiger partial charge in [0.05, 0.1) is 12.7 Å². The molecule has 0 aromatic heterocycles. The fourth-order valence-corrected chi connectivity index (χ4v) is 4.46. The lowest BCUT2D eigenvalue weighted by atomic mass is 10.0. The molecule has 1 amide bonds. The van der Waals surface area contributed by atoms with Crippen molar-refractivity contribution in [2.75, 3.05) is 33.4 Å². The summed E-state index contributed by atoms with van der Waals surface area (Å²) in [7, 11) is 1.69. The van der Waals surface area contributed by atoms with Gasteiger partial charge in [-0.15, -0.1) is 12.4 Å². The van der Waals surface area contributed by atoms with Crippen molar-refractivity contribution < 1.29 is 19.0 Å². The summed E-state index contributed by atoms with van der Waals surface area (Å²) in [6.07, 6.45) is 7.77. The van der Waals surface area contributed by atoms with E-state index in [1.165, 1.54) is 12.8 Å². The van der Waals surface area contributed by atoms with E-state index in [2.05, 4.69) is 19.2 Å². The Hall–Kier alpha value is -1.50. The molecule has 1 aliphatic carbocycles. The summed E-state index contributed by atoms with van der Waals surface area (Å²) in [5.74, 6) is 1.47. The molecular formula is C24H39ClN2O4. The average molecular weight is 455 g/mol. The van der Waals surface area contributed by atoms with E-state index in [-0.39, 0.29) is 36.5 Å². The Balaban J connectivity index is 0.00000341. The van der Waals surface area contributed by atoms with Crippen LogP contribution >= 0.6 is 12.4 Å². The Morgan fingerprint density at radius 1 is 1.13 bits per heavy atom. The van der Waals surface area contributed by atoms with Gasteiger partial charge in [0.15, 0.2) is 11.5 Å². The maximum Gasteiger partial charge on any atom is 0.254 e. The zero-order valence-electron chi connectivity index (χ0n) is 19.2. The Labute approximate surface area is 193 Å². The second-order valence-electron chi connectivity index (χ2n) is 8.69. The number of carbonyl (C=O) groups excluding carboxylic acids is 1. The lowest BCUT2D eigenvalue weighted by molar-refractivity contribution is 0.0573. The molecule has 1 aliphatic heterocycles. The number of piperidine rings is 1. The van der Waals surface area contributed by atoms with Gasteiger partial charge in [0.1, 0.15) is 0 Å². The van der Waals surface area contributed by atoms with Crippen LogP contribution in [0.25, 0.3) is 0 Å². The molecule has 7 heteroatoms. The van der Waals surface area contributed by atoms with Gasteiger partial charge < -0.3 is 24.4 Å². The predicted molar refractivity (Wildman–Crippen MR) is 126 cm³/mol. The van der Waals surface area contributed by atoms with E-state index in [0.29, 0.717) is 24.5 Å². The van der Waals surface area contributed by atoms with Gasteiger partial charge in [-0.2, -0.15) is 0 Å². The number of hydrogen-bond acceptors (Lipinski definition) is 5. The number of hydrogen-bond donors (Lipinski definition) is 1. The van der Waals surface area contributed by atoms with Crippen molar-refractivity contribution in [3.63, 3.8) is 0 Å². The van der Waals surface area contributed by atoms with Crippen LogP contribution in [0.5, 0.6) is 11.5 Å². The molecule has 2 fully saturated rings. The summed E-state index contributed by atoms with van der Waals surface area (Å²) >= 11 is 0. The monoisotopic (exact) mass is 454 g/mol. The standard InChI is InChI=1S/C24H38N2O4.ClH/c1-18(2)26(20-8-6-13-25-17-20)24(27)19-11-12-22(30-21-9-4-5-10-21)23(16-19)29-15-7-14-28-3;/h11-12,16,18,20-21,25H,4-10,13-15,17H2,1-3H3;1H/t20-;/m1./s1. The van der Waals surface area contributed by atoms with Gasteiger partial charge in [0.2, 0.25) is 0 Å². The normalized spacial score (nSPS) is 19.2. The number of nitrogens with zero attached hydrogens (tertiary/aromatic N) is 1. The summed E-state index contributed by atoms with van der Waals surface area (Å²) in [6, 6.07) is 6.04. The second kappa shape index (κ2) is 13.1. The van der Waals surface area contributed by atoms with Crippen molar-refractivity contribution in [2.24, 2.45) is 0 Å². The molecule has 6 nitrogen and oxygen atoms in total. The first-order valence-electron chi connectivity index (χ1n) is 11.6. The van der Waals surface area contributed by atoms with E-state index in [4.69, 9.17) is 14.2 Å². The van der Waals surface area contributed by atoms with Gasteiger partial charge in [0, 0.05) is 44.3 Å². The quantitative estimate of drug-likeness (QED) is 0.529. The zero-order chi connectivity index (χ0) is 21.3. The topological polar surface area (TPSA) is 60.0 Å². The van der Waals surface area contributed by atoms with Crippen LogP contribution in [0.4, 0.5) is 0 Å². The van der Waals surface area contributed by atoms with Crippen LogP contribution in [0.1, 0.15) is 69.2 Å². The van der Waals surface area contributed by atoms with Crippen LogP contribution in [-0.4, -0.2) is 62.4 Å². The third-order valence-corrected chi connectivity index (χ3v) is 5.99. The van der Waals surface area contributed by atoms with E-state index in [9.17, 15) is 4.79 Å². The third-order valence-electron chi connectivity index (χ3n) is 5.99. The van der Waals surface area contributed by atoms with Crippen LogP contribution in [0.15, 0.2) is 18.2 Å². The summed E-state index contributed by atoms with van der Waals surface area (Å²) in [5.41, 5.74) is 0.662. The zero-order valence-corrected chi connectivity index (χ0v) is 20.0. The van der Waals surface area contributed by atoms with Crippen LogP contribution in [-0.2, 0) is 4.74 Å². The van der Waals surface area contributed by atoms with Crippen LogP contribution < -0.4 is 14.8 Å². The maximum absolute atomic E-state index is 13.5. The van der Waals surface area contributed by atoms with E-state index in [1.54, 1.807) is 7.11 Å². The van der Waals surface area contributed by atoms with E-state index < -0.39 is 0 Å². The van der Waals surface area contributed by atoms with Crippen LogP contribution in [0.3, 0.4) is 0 Å². The van der Waals surface area contributed by atoms with Crippen LogP contribution in [0, 0.1) is 0 Å². The predicted octanol–water partition coefficient (Wildman–Crippen LogP) is 4.45. The van der Waals surface area contributed by atoms with Crippen molar-refractivity contribution in [2.45, 2.75) is 77.0 Å². The number of amides is 1. The Kier molecular flexibility index (Phi) is 10.9. The number of benzene rings is 1. The van der Waals surface area contributed by atoms with Crippen molar-refractivity contribution in [1.82, 2.24) is 10.2 Å². The molecule has 0 bridgehead atoms. The molecule has 1 aromatic carbocycles. The van der Waals surface area contributed by atoms with E-state index in [1.807, 2.05) is 23.1 Å². The Bertz CT molecular complexity index is 674. The number of halogens is 1. The van der Waals surface area contributed by atoms with Gasteiger partial charge in [-0.3, -0.25) is 4.79 Å². The molecule has 0 spiro atoms. The number of carbonyl (C=O) groups is 1. The Morgan fingerprint density at radius 3 is 2.55 bits per heavy atom. The highest BCUT2D eigenvalue weighted by Crippen LogP contribution is 2.33. The van der Waals surface area contributed by atoms with Gasteiger partial charge in [-0.25, -0.2) is 0 Å². The van der Waals surface area contributed by atoms with Crippen molar-refractivity contribution in [3.05, 3.63) is 23.8 Å². The highest BCUT2D eigenvalue weighted by atomic mass is 35.5. The van der Waals surface area contributed by atoms with E-state index in [0.717, 1.165) is 50.9 Å². The van der Waals surface area contributed by atoms with Crippen molar-refractivity contribution in [1.29, 1.82) is 0 Å². The summed E-state index contributed by atoms with van der Waals surface area (Å²) in [5, 5.41) is 3.43. The first kappa shape index (κ1) is 25.8.